The second kappa shape index (κ2) is 8.78. The third kappa shape index (κ3) is 4.43. The van der Waals surface area contributed by atoms with Crippen LogP contribution in [-0.2, 0) is 9.53 Å². The van der Waals surface area contributed by atoms with Crippen molar-refractivity contribution in [1.82, 2.24) is 9.55 Å². The number of hydrogen-bond acceptors (Lipinski definition) is 5. The number of halogens is 2. The summed E-state index contributed by atoms with van der Waals surface area (Å²) in [6.45, 7) is 6.81. The van der Waals surface area contributed by atoms with Crippen molar-refractivity contribution in [2.75, 3.05) is 36.5 Å². The summed E-state index contributed by atoms with van der Waals surface area (Å²) in [5.74, 6) is -2.89. The summed E-state index contributed by atoms with van der Waals surface area (Å²) >= 11 is 0. The number of anilines is 2. The number of amides is 1. The van der Waals surface area contributed by atoms with Crippen LogP contribution in [0.3, 0.4) is 0 Å². The zero-order chi connectivity index (χ0) is 22.0. The standard InChI is InChI=1S/C20H24F2N4O4/c1-11(2)16(18(27)24-15-9-13(21)8-14(22)10-15)26-19(28)17(12(3)23-20(26)29)25-4-6-30-7-5-25/h8-11,16H,4-7H2,1-3H3,(H,23,29)(H,24,27)/t16-/m0/s1. The molecule has 1 aliphatic heterocycles. The molecule has 0 spiro atoms. The van der Waals surface area contributed by atoms with Gasteiger partial charge in [0.1, 0.15) is 23.4 Å². The number of aromatic nitrogens is 2. The predicted molar refractivity (Wildman–Crippen MR) is 108 cm³/mol. The first-order chi connectivity index (χ1) is 14.2. The maximum atomic E-state index is 13.5. The normalized spacial score (nSPS) is 15.3. The monoisotopic (exact) mass is 422 g/mol. The highest BCUT2D eigenvalue weighted by Gasteiger charge is 2.30. The SMILES string of the molecule is Cc1[nH]c(=O)n([C@H](C(=O)Nc2cc(F)cc(F)c2)C(C)C)c(=O)c1N1CCOCC1. The molecule has 2 heterocycles. The van der Waals surface area contributed by atoms with Crippen molar-refractivity contribution >= 4 is 17.3 Å². The van der Waals surface area contributed by atoms with Crippen LogP contribution in [0.25, 0.3) is 0 Å². The van der Waals surface area contributed by atoms with E-state index in [1.54, 1.807) is 20.8 Å². The lowest BCUT2D eigenvalue weighted by molar-refractivity contribution is -0.120. The number of aromatic amines is 1. The van der Waals surface area contributed by atoms with Gasteiger partial charge in [0.25, 0.3) is 5.56 Å². The fourth-order valence-electron chi connectivity index (χ4n) is 3.62. The molecule has 1 aromatic carbocycles. The first-order valence-corrected chi connectivity index (χ1v) is 9.64. The molecule has 3 rings (SSSR count). The highest BCUT2D eigenvalue weighted by atomic mass is 19.1. The molecule has 0 unspecified atom stereocenters. The van der Waals surface area contributed by atoms with E-state index in [1.807, 2.05) is 4.90 Å². The van der Waals surface area contributed by atoms with Crippen molar-refractivity contribution in [3.8, 4) is 0 Å². The van der Waals surface area contributed by atoms with E-state index in [9.17, 15) is 23.2 Å². The van der Waals surface area contributed by atoms with E-state index in [-0.39, 0.29) is 5.69 Å². The van der Waals surface area contributed by atoms with E-state index >= 15 is 0 Å². The van der Waals surface area contributed by atoms with Crippen molar-refractivity contribution in [3.05, 3.63) is 56.4 Å². The fraction of sp³-hybridized carbons (Fsp3) is 0.450. The maximum absolute atomic E-state index is 13.5. The molecule has 2 aromatic rings. The molecule has 10 heteroatoms. The summed E-state index contributed by atoms with van der Waals surface area (Å²) in [5.41, 5.74) is -0.731. The lowest BCUT2D eigenvalue weighted by Crippen LogP contribution is -2.49. The van der Waals surface area contributed by atoms with Gasteiger partial charge in [-0.15, -0.1) is 0 Å². The third-order valence-electron chi connectivity index (χ3n) is 4.93. The van der Waals surface area contributed by atoms with Crippen LogP contribution in [-0.4, -0.2) is 41.8 Å². The molecule has 0 bridgehead atoms. The largest absolute Gasteiger partial charge is 0.378 e. The molecular formula is C20H24F2N4O4. The highest BCUT2D eigenvalue weighted by molar-refractivity contribution is 5.94. The van der Waals surface area contributed by atoms with Gasteiger partial charge in [-0.05, 0) is 25.0 Å². The Balaban J connectivity index is 2.04. The molecule has 0 radical (unpaired) electrons. The second-order valence-electron chi connectivity index (χ2n) is 7.51. The number of hydrogen-bond donors (Lipinski definition) is 2. The Hall–Kier alpha value is -3.01. The Kier molecular flexibility index (Phi) is 6.35. The van der Waals surface area contributed by atoms with Crippen molar-refractivity contribution in [2.45, 2.75) is 26.8 Å². The summed E-state index contributed by atoms with van der Waals surface area (Å²) < 4.78 is 33.1. The van der Waals surface area contributed by atoms with E-state index < -0.39 is 40.8 Å². The number of nitrogens with one attached hydrogen (secondary N) is 2. The number of morpholine rings is 1. The lowest BCUT2D eigenvalue weighted by Gasteiger charge is -2.30. The number of benzene rings is 1. The zero-order valence-corrected chi connectivity index (χ0v) is 17.0. The van der Waals surface area contributed by atoms with E-state index in [4.69, 9.17) is 4.74 Å². The molecular weight excluding hydrogens is 398 g/mol. The smallest absolute Gasteiger partial charge is 0.329 e. The van der Waals surface area contributed by atoms with Gasteiger partial charge >= 0.3 is 5.69 Å². The van der Waals surface area contributed by atoms with Gasteiger partial charge in [0.05, 0.1) is 13.2 Å². The number of nitrogens with zero attached hydrogens (tertiary/aromatic N) is 2. The van der Waals surface area contributed by atoms with Gasteiger partial charge in [0.15, 0.2) is 0 Å². The van der Waals surface area contributed by atoms with Crippen LogP contribution in [0.4, 0.5) is 20.2 Å². The van der Waals surface area contributed by atoms with Crippen molar-refractivity contribution in [2.24, 2.45) is 5.92 Å². The minimum absolute atomic E-state index is 0.104. The summed E-state index contributed by atoms with van der Waals surface area (Å²) in [4.78, 5) is 43.4. The molecule has 8 nitrogen and oxygen atoms in total. The molecule has 1 fully saturated rings. The number of carbonyl (C=O) groups is 1. The van der Waals surface area contributed by atoms with Crippen LogP contribution in [0, 0.1) is 24.5 Å². The quantitative estimate of drug-likeness (QED) is 0.766. The Morgan fingerprint density at radius 2 is 1.73 bits per heavy atom. The molecule has 1 atom stereocenters. The molecule has 2 N–H and O–H groups in total. The van der Waals surface area contributed by atoms with Crippen molar-refractivity contribution < 1.29 is 18.3 Å². The average Bonchev–Trinajstić information content (AvgIpc) is 2.64. The zero-order valence-electron chi connectivity index (χ0n) is 17.0. The Morgan fingerprint density at radius 3 is 2.30 bits per heavy atom. The Labute approximate surface area is 171 Å². The second-order valence-corrected chi connectivity index (χ2v) is 7.51. The van der Waals surface area contributed by atoms with E-state index in [0.717, 1.165) is 16.7 Å². The molecule has 162 valence electrons. The van der Waals surface area contributed by atoms with Crippen LogP contribution in [0.2, 0.25) is 0 Å². The molecule has 1 aromatic heterocycles. The predicted octanol–water partition coefficient (Wildman–Crippen LogP) is 1.80. The summed E-state index contributed by atoms with van der Waals surface area (Å²) in [6, 6.07) is 1.41. The Bertz CT molecular complexity index is 1040. The van der Waals surface area contributed by atoms with Crippen molar-refractivity contribution in [1.29, 1.82) is 0 Å². The van der Waals surface area contributed by atoms with Gasteiger partial charge in [-0.3, -0.25) is 9.59 Å². The van der Waals surface area contributed by atoms with Crippen LogP contribution in [0.15, 0.2) is 27.8 Å². The van der Waals surface area contributed by atoms with Gasteiger partial charge in [-0.25, -0.2) is 18.1 Å². The number of carbonyl (C=O) groups excluding carboxylic acids is 1. The van der Waals surface area contributed by atoms with Crippen LogP contribution in [0.1, 0.15) is 25.6 Å². The van der Waals surface area contributed by atoms with E-state index in [0.29, 0.717) is 43.8 Å². The third-order valence-corrected chi connectivity index (χ3v) is 4.93. The molecule has 1 aliphatic rings. The topological polar surface area (TPSA) is 96.4 Å². The first kappa shape index (κ1) is 21.7. The maximum Gasteiger partial charge on any atom is 0.329 e. The van der Waals surface area contributed by atoms with E-state index in [2.05, 4.69) is 10.3 Å². The minimum Gasteiger partial charge on any atom is -0.378 e. The summed E-state index contributed by atoms with van der Waals surface area (Å²) in [5, 5.41) is 2.41. The van der Waals surface area contributed by atoms with Crippen LogP contribution in [0.5, 0.6) is 0 Å². The molecule has 0 saturated carbocycles. The first-order valence-electron chi connectivity index (χ1n) is 9.64. The van der Waals surface area contributed by atoms with Gasteiger partial charge < -0.3 is 19.9 Å². The number of rotatable bonds is 5. The highest BCUT2D eigenvalue weighted by Crippen LogP contribution is 2.21. The minimum atomic E-state index is -1.19. The van der Waals surface area contributed by atoms with Gasteiger partial charge in [0.2, 0.25) is 5.91 Å². The Morgan fingerprint density at radius 1 is 1.13 bits per heavy atom. The lowest BCUT2D eigenvalue weighted by atomic mass is 10.0. The molecule has 30 heavy (non-hydrogen) atoms. The van der Waals surface area contributed by atoms with Crippen molar-refractivity contribution in [3.63, 3.8) is 0 Å². The number of H-pyrrole nitrogens is 1. The molecule has 1 saturated heterocycles. The van der Waals surface area contributed by atoms with Crippen LogP contribution < -0.4 is 21.5 Å². The van der Waals surface area contributed by atoms with E-state index in [1.165, 1.54) is 0 Å². The number of ether oxygens (including phenoxy) is 1. The summed E-state index contributed by atoms with van der Waals surface area (Å²) in [6.07, 6.45) is 0. The van der Waals surface area contributed by atoms with Gasteiger partial charge in [-0.1, -0.05) is 13.8 Å². The molecule has 0 aliphatic carbocycles. The van der Waals surface area contributed by atoms with Gasteiger partial charge in [-0.2, -0.15) is 0 Å². The van der Waals surface area contributed by atoms with Gasteiger partial charge in [0, 0.05) is 30.5 Å². The number of aryl methyl sites for hydroxylation is 1. The fourth-order valence-corrected chi connectivity index (χ4v) is 3.62. The molecule has 1 amide bonds. The average molecular weight is 422 g/mol. The summed E-state index contributed by atoms with van der Waals surface area (Å²) in [7, 11) is 0. The van der Waals surface area contributed by atoms with Crippen LogP contribution >= 0.6 is 0 Å².